The van der Waals surface area contributed by atoms with Crippen LogP contribution in [0.5, 0.6) is 0 Å². The summed E-state index contributed by atoms with van der Waals surface area (Å²) in [6.45, 7) is 3.32. The van der Waals surface area contributed by atoms with E-state index in [4.69, 9.17) is 5.73 Å². The number of aromatic nitrogens is 2. The Kier molecular flexibility index (Phi) is 4.70. The lowest BCUT2D eigenvalue weighted by molar-refractivity contribution is 0.0947. The van der Waals surface area contributed by atoms with E-state index in [0.29, 0.717) is 24.6 Å². The Hall–Kier alpha value is -1.49. The van der Waals surface area contributed by atoms with Gasteiger partial charge in [0.15, 0.2) is 0 Å². The summed E-state index contributed by atoms with van der Waals surface area (Å²) < 4.78 is 0. The highest BCUT2D eigenvalue weighted by Crippen LogP contribution is 1.99. The van der Waals surface area contributed by atoms with Gasteiger partial charge in [-0.05, 0) is 18.9 Å². The van der Waals surface area contributed by atoms with E-state index in [1.807, 2.05) is 0 Å². The Morgan fingerprint density at radius 1 is 1.53 bits per heavy atom. The van der Waals surface area contributed by atoms with E-state index in [-0.39, 0.29) is 5.91 Å². The van der Waals surface area contributed by atoms with Crippen molar-refractivity contribution in [2.75, 3.05) is 13.1 Å². The summed E-state index contributed by atoms with van der Waals surface area (Å²) in [7, 11) is 0. The van der Waals surface area contributed by atoms with Crippen LogP contribution < -0.4 is 11.1 Å². The van der Waals surface area contributed by atoms with E-state index in [2.05, 4.69) is 22.2 Å². The highest BCUT2D eigenvalue weighted by molar-refractivity contribution is 5.93. The highest BCUT2D eigenvalue weighted by atomic mass is 16.1. The van der Waals surface area contributed by atoms with E-state index in [1.54, 1.807) is 0 Å². The van der Waals surface area contributed by atoms with Gasteiger partial charge in [-0.25, -0.2) is 9.97 Å². The SMILES string of the molecule is CC(CCN)CNC(=O)c1cncnc1. The Balaban J connectivity index is 2.37. The molecule has 1 amide bonds. The zero-order chi connectivity index (χ0) is 11.1. The maximum Gasteiger partial charge on any atom is 0.254 e. The molecule has 1 aromatic rings. The monoisotopic (exact) mass is 208 g/mol. The van der Waals surface area contributed by atoms with Crippen molar-refractivity contribution in [3.8, 4) is 0 Å². The molecule has 0 spiro atoms. The zero-order valence-corrected chi connectivity index (χ0v) is 8.81. The molecule has 1 atom stereocenters. The van der Waals surface area contributed by atoms with E-state index >= 15 is 0 Å². The minimum Gasteiger partial charge on any atom is -0.352 e. The summed E-state index contributed by atoms with van der Waals surface area (Å²) in [6, 6.07) is 0. The molecule has 0 aliphatic carbocycles. The first-order chi connectivity index (χ1) is 7.24. The first-order valence-electron chi connectivity index (χ1n) is 4.97. The topological polar surface area (TPSA) is 80.9 Å². The molecule has 0 aliphatic heterocycles. The minimum absolute atomic E-state index is 0.139. The summed E-state index contributed by atoms with van der Waals surface area (Å²) in [5.41, 5.74) is 5.90. The van der Waals surface area contributed by atoms with Gasteiger partial charge in [0.2, 0.25) is 0 Å². The van der Waals surface area contributed by atoms with Gasteiger partial charge in [-0.3, -0.25) is 4.79 Å². The van der Waals surface area contributed by atoms with Crippen LogP contribution in [0.1, 0.15) is 23.7 Å². The molecule has 1 unspecified atom stereocenters. The van der Waals surface area contributed by atoms with Gasteiger partial charge in [0.1, 0.15) is 6.33 Å². The molecule has 0 aromatic carbocycles. The maximum absolute atomic E-state index is 11.5. The Bertz CT molecular complexity index is 302. The van der Waals surface area contributed by atoms with Gasteiger partial charge in [0, 0.05) is 18.9 Å². The second kappa shape index (κ2) is 6.08. The maximum atomic E-state index is 11.5. The number of carbonyl (C=O) groups excluding carboxylic acids is 1. The lowest BCUT2D eigenvalue weighted by atomic mass is 10.1. The quantitative estimate of drug-likeness (QED) is 0.724. The Morgan fingerprint density at radius 2 is 2.20 bits per heavy atom. The summed E-state index contributed by atoms with van der Waals surface area (Å²) >= 11 is 0. The predicted octanol–water partition coefficient (Wildman–Crippen LogP) is 0.191. The molecule has 5 heteroatoms. The van der Waals surface area contributed by atoms with Gasteiger partial charge in [0.25, 0.3) is 5.91 Å². The summed E-state index contributed by atoms with van der Waals surface area (Å²) in [5.74, 6) is 0.253. The number of hydrogen-bond acceptors (Lipinski definition) is 4. The molecule has 0 radical (unpaired) electrons. The number of hydrogen-bond donors (Lipinski definition) is 2. The number of nitrogens with zero attached hydrogens (tertiary/aromatic N) is 2. The van der Waals surface area contributed by atoms with Crippen molar-refractivity contribution >= 4 is 5.91 Å². The molecule has 0 aliphatic rings. The van der Waals surface area contributed by atoms with Crippen LogP contribution >= 0.6 is 0 Å². The standard InChI is InChI=1S/C10H16N4O/c1-8(2-3-11)4-14-10(15)9-5-12-7-13-6-9/h5-8H,2-4,11H2,1H3,(H,14,15). The van der Waals surface area contributed by atoms with Crippen molar-refractivity contribution in [3.63, 3.8) is 0 Å². The van der Waals surface area contributed by atoms with Crippen LogP contribution in [0.2, 0.25) is 0 Å². The second-order valence-corrected chi connectivity index (χ2v) is 3.52. The molecule has 3 N–H and O–H groups in total. The number of amides is 1. The first-order valence-corrected chi connectivity index (χ1v) is 4.97. The Morgan fingerprint density at radius 3 is 2.80 bits per heavy atom. The van der Waals surface area contributed by atoms with E-state index < -0.39 is 0 Å². The van der Waals surface area contributed by atoms with Gasteiger partial charge < -0.3 is 11.1 Å². The summed E-state index contributed by atoms with van der Waals surface area (Å²) in [4.78, 5) is 19.1. The van der Waals surface area contributed by atoms with Crippen LogP contribution in [-0.2, 0) is 0 Å². The molecular formula is C10H16N4O. The third kappa shape index (κ3) is 4.03. The average Bonchev–Trinajstić information content (AvgIpc) is 2.27. The minimum atomic E-state index is -0.139. The smallest absolute Gasteiger partial charge is 0.254 e. The first kappa shape index (κ1) is 11.6. The molecule has 1 aromatic heterocycles. The molecule has 1 heterocycles. The molecule has 0 bridgehead atoms. The average molecular weight is 208 g/mol. The third-order valence-electron chi connectivity index (χ3n) is 2.09. The number of nitrogens with two attached hydrogens (primary N) is 1. The molecule has 0 fully saturated rings. The van der Waals surface area contributed by atoms with Crippen LogP contribution in [0.4, 0.5) is 0 Å². The molecule has 0 saturated carbocycles. The van der Waals surface area contributed by atoms with Crippen molar-refractivity contribution in [2.45, 2.75) is 13.3 Å². The largest absolute Gasteiger partial charge is 0.352 e. The van der Waals surface area contributed by atoms with Crippen LogP contribution in [-0.4, -0.2) is 29.0 Å². The van der Waals surface area contributed by atoms with Gasteiger partial charge >= 0.3 is 0 Å². The van der Waals surface area contributed by atoms with Crippen LogP contribution in [0, 0.1) is 5.92 Å². The second-order valence-electron chi connectivity index (χ2n) is 3.52. The van der Waals surface area contributed by atoms with Crippen LogP contribution in [0.15, 0.2) is 18.7 Å². The van der Waals surface area contributed by atoms with Gasteiger partial charge in [-0.2, -0.15) is 0 Å². The highest BCUT2D eigenvalue weighted by Gasteiger charge is 2.07. The molecule has 5 nitrogen and oxygen atoms in total. The lowest BCUT2D eigenvalue weighted by Crippen LogP contribution is -2.29. The molecule has 82 valence electrons. The van der Waals surface area contributed by atoms with Gasteiger partial charge in [-0.15, -0.1) is 0 Å². The number of rotatable bonds is 5. The normalized spacial score (nSPS) is 12.1. The van der Waals surface area contributed by atoms with Crippen molar-refractivity contribution in [1.29, 1.82) is 0 Å². The van der Waals surface area contributed by atoms with Crippen molar-refractivity contribution in [2.24, 2.45) is 11.7 Å². The lowest BCUT2D eigenvalue weighted by Gasteiger charge is -2.10. The number of nitrogens with one attached hydrogen (secondary N) is 1. The molecular weight excluding hydrogens is 192 g/mol. The summed E-state index contributed by atoms with van der Waals surface area (Å²) in [5, 5.41) is 2.81. The van der Waals surface area contributed by atoms with E-state index in [9.17, 15) is 4.79 Å². The van der Waals surface area contributed by atoms with Crippen LogP contribution in [0.25, 0.3) is 0 Å². The predicted molar refractivity (Wildman–Crippen MR) is 57.2 cm³/mol. The van der Waals surface area contributed by atoms with Crippen molar-refractivity contribution < 1.29 is 4.79 Å². The van der Waals surface area contributed by atoms with E-state index in [1.165, 1.54) is 18.7 Å². The van der Waals surface area contributed by atoms with Gasteiger partial charge in [-0.1, -0.05) is 6.92 Å². The van der Waals surface area contributed by atoms with E-state index in [0.717, 1.165) is 6.42 Å². The fourth-order valence-corrected chi connectivity index (χ4v) is 1.17. The third-order valence-corrected chi connectivity index (χ3v) is 2.09. The zero-order valence-electron chi connectivity index (χ0n) is 8.81. The summed E-state index contributed by atoms with van der Waals surface area (Å²) in [6.07, 6.45) is 5.30. The number of carbonyl (C=O) groups is 1. The van der Waals surface area contributed by atoms with Crippen molar-refractivity contribution in [3.05, 3.63) is 24.3 Å². The molecule has 1 rings (SSSR count). The van der Waals surface area contributed by atoms with Crippen LogP contribution in [0.3, 0.4) is 0 Å². The molecule has 0 saturated heterocycles. The van der Waals surface area contributed by atoms with Crippen molar-refractivity contribution in [1.82, 2.24) is 15.3 Å². The molecule has 15 heavy (non-hydrogen) atoms. The fraction of sp³-hybridized carbons (Fsp3) is 0.500. The Labute approximate surface area is 89.1 Å². The van der Waals surface area contributed by atoms with Gasteiger partial charge in [0.05, 0.1) is 5.56 Å². The fourth-order valence-electron chi connectivity index (χ4n) is 1.17.